The Hall–Kier alpha value is -3.08. The molecular weight excluding hydrogens is 420 g/mol. The number of aromatic nitrogens is 1. The molecule has 0 fully saturated rings. The highest BCUT2D eigenvalue weighted by Crippen LogP contribution is 2.40. The van der Waals surface area contributed by atoms with E-state index in [-0.39, 0.29) is 21.1 Å². The zero-order valence-corrected chi connectivity index (χ0v) is 16.2. The molecule has 29 heavy (non-hydrogen) atoms. The number of nitrogens with two attached hydrogens (primary N) is 1. The molecule has 0 amide bonds. The molecule has 0 unspecified atom stereocenters. The van der Waals surface area contributed by atoms with E-state index in [9.17, 15) is 22.0 Å². The summed E-state index contributed by atoms with van der Waals surface area (Å²) < 4.78 is 52.8. The van der Waals surface area contributed by atoms with Gasteiger partial charge in [-0.3, -0.25) is 9.36 Å². The van der Waals surface area contributed by atoms with Crippen LogP contribution in [0.1, 0.15) is 0 Å². The molecule has 0 atom stereocenters. The number of thiophene rings is 1. The molecule has 2 aromatic carbocycles. The Morgan fingerprint density at radius 2 is 1.72 bits per heavy atom. The van der Waals surface area contributed by atoms with Gasteiger partial charge in [0.15, 0.2) is 4.21 Å². The van der Waals surface area contributed by atoms with Gasteiger partial charge in [0, 0.05) is 17.5 Å². The van der Waals surface area contributed by atoms with Gasteiger partial charge in [-0.15, -0.1) is 11.3 Å². The van der Waals surface area contributed by atoms with Gasteiger partial charge in [-0.05, 0) is 30.3 Å². The normalized spacial score (nSPS) is 11.7. The van der Waals surface area contributed by atoms with Crippen molar-refractivity contribution in [1.29, 1.82) is 0 Å². The molecular formula is C19H13F2N3O3S2. The van der Waals surface area contributed by atoms with Crippen molar-refractivity contribution in [3.63, 3.8) is 0 Å². The molecule has 3 N–H and O–H groups in total. The highest BCUT2D eigenvalue weighted by atomic mass is 32.2. The van der Waals surface area contributed by atoms with Gasteiger partial charge in [0.05, 0.1) is 17.1 Å². The Labute approximate surface area is 167 Å². The fourth-order valence-electron chi connectivity index (χ4n) is 2.93. The second kappa shape index (κ2) is 7.07. The maximum atomic E-state index is 14.1. The minimum absolute atomic E-state index is 0.0164. The average molecular weight is 433 g/mol. The number of anilines is 2. The van der Waals surface area contributed by atoms with Crippen LogP contribution in [0.5, 0.6) is 0 Å². The molecule has 4 aromatic rings. The van der Waals surface area contributed by atoms with Gasteiger partial charge in [0.2, 0.25) is 10.0 Å². The van der Waals surface area contributed by atoms with Crippen LogP contribution in [0.4, 0.5) is 20.2 Å². The number of nitrogens with one attached hydrogen (secondary N) is 1. The third kappa shape index (κ3) is 3.53. The lowest BCUT2D eigenvalue weighted by atomic mass is 10.2. The molecule has 0 aliphatic heterocycles. The molecule has 0 saturated carbocycles. The Balaban J connectivity index is 2.02. The number of pyridine rings is 1. The summed E-state index contributed by atoms with van der Waals surface area (Å²) in [6, 6.07) is 14.2. The third-order valence-electron chi connectivity index (χ3n) is 4.17. The van der Waals surface area contributed by atoms with E-state index in [0.717, 1.165) is 23.5 Å². The molecule has 0 spiro atoms. The first kappa shape index (κ1) is 19.2. The molecule has 148 valence electrons. The van der Waals surface area contributed by atoms with E-state index >= 15 is 0 Å². The third-order valence-corrected chi connectivity index (χ3v) is 6.83. The summed E-state index contributed by atoms with van der Waals surface area (Å²) in [5, 5.41) is 8.41. The number of primary sulfonamides is 1. The number of hydrogen-bond donors (Lipinski definition) is 2. The lowest BCUT2D eigenvalue weighted by Gasteiger charge is -2.10. The number of halogens is 2. The van der Waals surface area contributed by atoms with Crippen molar-refractivity contribution >= 4 is 43.0 Å². The molecule has 4 rings (SSSR count). The van der Waals surface area contributed by atoms with Gasteiger partial charge in [-0.1, -0.05) is 18.2 Å². The van der Waals surface area contributed by atoms with E-state index in [1.165, 1.54) is 16.7 Å². The van der Waals surface area contributed by atoms with Gasteiger partial charge in [0.25, 0.3) is 5.56 Å². The smallest absolute Gasteiger partial charge is 0.256 e. The fraction of sp³-hybridized carbons (Fsp3) is 0. The summed E-state index contributed by atoms with van der Waals surface area (Å²) in [5.74, 6) is -1.67. The molecule has 6 nitrogen and oxygen atoms in total. The minimum Gasteiger partial charge on any atom is -0.351 e. The van der Waals surface area contributed by atoms with Gasteiger partial charge >= 0.3 is 0 Å². The van der Waals surface area contributed by atoms with Crippen LogP contribution in [0, 0.1) is 11.6 Å². The lowest BCUT2D eigenvalue weighted by molar-refractivity contribution is 0.585. The maximum absolute atomic E-state index is 14.1. The van der Waals surface area contributed by atoms with E-state index in [1.54, 1.807) is 30.3 Å². The van der Waals surface area contributed by atoms with Crippen LogP contribution < -0.4 is 16.0 Å². The maximum Gasteiger partial charge on any atom is 0.256 e. The van der Waals surface area contributed by atoms with Crippen LogP contribution in [-0.4, -0.2) is 13.0 Å². The van der Waals surface area contributed by atoms with Crippen LogP contribution in [-0.2, 0) is 10.0 Å². The minimum atomic E-state index is -4.20. The standard InChI is InChI=1S/C19H13F2N3O3S2/c20-11-6-8-15(14(21)10-11)23-17-13-7-9-16(25)24(12-4-2-1-3-5-12)18(13)28-19(17)29(22,26)27/h1-10,23H,(H2,22,26,27). The molecule has 0 bridgehead atoms. The van der Waals surface area contributed by atoms with Crippen LogP contribution in [0.15, 0.2) is 69.7 Å². The van der Waals surface area contributed by atoms with Gasteiger partial charge in [0.1, 0.15) is 16.5 Å². The number of benzene rings is 2. The number of rotatable bonds is 4. The first-order chi connectivity index (χ1) is 13.8. The molecule has 0 radical (unpaired) electrons. The van der Waals surface area contributed by atoms with Crippen LogP contribution in [0.25, 0.3) is 15.9 Å². The average Bonchev–Trinajstić information content (AvgIpc) is 3.03. The summed E-state index contributed by atoms with van der Waals surface area (Å²) >= 11 is 0.786. The molecule has 0 saturated heterocycles. The number of hydrogen-bond acceptors (Lipinski definition) is 5. The summed E-state index contributed by atoms with van der Waals surface area (Å²) in [5.41, 5.74) is 0.0476. The Bertz CT molecular complexity index is 1400. The van der Waals surface area contributed by atoms with E-state index < -0.39 is 21.7 Å². The summed E-state index contributed by atoms with van der Waals surface area (Å²) in [6.45, 7) is 0. The Morgan fingerprint density at radius 1 is 1.00 bits per heavy atom. The quantitative estimate of drug-likeness (QED) is 0.513. The fourth-order valence-corrected chi connectivity index (χ4v) is 5.08. The van der Waals surface area contributed by atoms with Gasteiger partial charge in [-0.25, -0.2) is 22.3 Å². The zero-order chi connectivity index (χ0) is 20.8. The number of sulfonamides is 1. The SMILES string of the molecule is NS(=O)(=O)c1sc2c(ccc(=O)n2-c2ccccc2)c1Nc1ccc(F)cc1F. The lowest BCUT2D eigenvalue weighted by Crippen LogP contribution is -2.16. The number of para-hydroxylation sites is 1. The molecule has 10 heteroatoms. The summed E-state index contributed by atoms with van der Waals surface area (Å²) in [7, 11) is -4.20. The highest BCUT2D eigenvalue weighted by Gasteiger charge is 2.24. The van der Waals surface area contributed by atoms with Crippen molar-refractivity contribution in [2.24, 2.45) is 5.14 Å². The number of fused-ring (bicyclic) bond motifs is 1. The van der Waals surface area contributed by atoms with Crippen molar-refractivity contribution in [3.8, 4) is 5.69 Å². The molecule has 2 heterocycles. The van der Waals surface area contributed by atoms with Gasteiger partial charge < -0.3 is 5.32 Å². The van der Waals surface area contributed by atoms with Crippen molar-refractivity contribution < 1.29 is 17.2 Å². The van der Waals surface area contributed by atoms with Crippen molar-refractivity contribution in [3.05, 3.63) is 82.7 Å². The van der Waals surface area contributed by atoms with Crippen molar-refractivity contribution in [1.82, 2.24) is 4.57 Å². The second-order valence-corrected chi connectivity index (χ2v) is 8.88. The first-order valence-electron chi connectivity index (χ1n) is 8.24. The molecule has 0 aliphatic carbocycles. The summed E-state index contributed by atoms with van der Waals surface area (Å²) in [4.78, 5) is 12.8. The van der Waals surface area contributed by atoms with Crippen LogP contribution >= 0.6 is 11.3 Å². The van der Waals surface area contributed by atoms with E-state index in [2.05, 4.69) is 5.32 Å². The second-order valence-electron chi connectivity index (χ2n) is 6.12. The topological polar surface area (TPSA) is 94.2 Å². The summed E-state index contributed by atoms with van der Waals surface area (Å²) in [6.07, 6.45) is 0. The monoisotopic (exact) mass is 433 g/mol. The van der Waals surface area contributed by atoms with E-state index in [4.69, 9.17) is 5.14 Å². The first-order valence-corrected chi connectivity index (χ1v) is 10.6. The number of nitrogens with zero attached hydrogens (tertiary/aromatic N) is 1. The van der Waals surface area contributed by atoms with E-state index in [1.807, 2.05) is 0 Å². The van der Waals surface area contributed by atoms with E-state index in [0.29, 0.717) is 22.0 Å². The zero-order valence-electron chi connectivity index (χ0n) is 14.6. The Kier molecular flexibility index (Phi) is 4.69. The molecule has 2 aromatic heterocycles. The van der Waals surface area contributed by atoms with Crippen LogP contribution in [0.2, 0.25) is 0 Å². The molecule has 0 aliphatic rings. The van der Waals surface area contributed by atoms with Crippen molar-refractivity contribution in [2.75, 3.05) is 5.32 Å². The van der Waals surface area contributed by atoms with Gasteiger partial charge in [-0.2, -0.15) is 0 Å². The van der Waals surface area contributed by atoms with Crippen molar-refractivity contribution in [2.45, 2.75) is 4.21 Å². The largest absolute Gasteiger partial charge is 0.351 e. The van der Waals surface area contributed by atoms with Crippen LogP contribution in [0.3, 0.4) is 0 Å². The highest BCUT2D eigenvalue weighted by molar-refractivity contribution is 7.91. The predicted molar refractivity (Wildman–Crippen MR) is 108 cm³/mol. The Morgan fingerprint density at radius 3 is 2.38 bits per heavy atom. The predicted octanol–water partition coefficient (Wildman–Crippen LogP) is 3.72.